The third kappa shape index (κ3) is 6.13. The molecule has 11 heteroatoms. The van der Waals surface area contributed by atoms with Crippen molar-refractivity contribution in [1.82, 2.24) is 4.57 Å². The molecule has 2 N–H and O–H groups in total. The number of allylic oxidation sites excluding steroid dienone is 1. The van der Waals surface area contributed by atoms with Crippen LogP contribution in [-0.2, 0) is 4.79 Å². The highest BCUT2D eigenvalue weighted by molar-refractivity contribution is 9.10. The fourth-order valence-electron chi connectivity index (χ4n) is 4.85. The zero-order chi connectivity index (χ0) is 31.4. The number of para-hydroxylation sites is 1. The van der Waals surface area contributed by atoms with E-state index in [4.69, 9.17) is 25.6 Å². The minimum atomic E-state index is -0.849. The number of aromatic nitrogens is 1. The molecule has 0 radical (unpaired) electrons. The zero-order valence-corrected chi connectivity index (χ0v) is 26.5. The Balaban J connectivity index is 1.68. The predicted molar refractivity (Wildman–Crippen MR) is 173 cm³/mol. The van der Waals surface area contributed by atoms with Crippen LogP contribution in [0.4, 0.5) is 5.69 Å². The van der Waals surface area contributed by atoms with Gasteiger partial charge in [-0.15, -0.1) is 6.42 Å². The average Bonchev–Trinajstić information content (AvgIpc) is 3.31. The van der Waals surface area contributed by atoms with E-state index < -0.39 is 11.9 Å². The van der Waals surface area contributed by atoms with Crippen molar-refractivity contribution in [2.24, 2.45) is 4.99 Å². The normalized spacial score (nSPS) is 14.3. The summed E-state index contributed by atoms with van der Waals surface area (Å²) in [7, 11) is 1.52. The summed E-state index contributed by atoms with van der Waals surface area (Å²) >= 11 is 4.71. The first-order chi connectivity index (χ1) is 21.2. The number of nitrogens with zero attached hydrogens (tertiary/aromatic N) is 2. The Hall–Kier alpha value is -4.79. The van der Waals surface area contributed by atoms with E-state index in [-0.39, 0.29) is 23.7 Å². The first-order valence-electron chi connectivity index (χ1n) is 13.5. The molecular formula is C33H28BrN3O6S. The van der Waals surface area contributed by atoms with Crippen LogP contribution in [0.3, 0.4) is 0 Å². The number of hydrogen-bond acceptors (Lipinski definition) is 8. The molecule has 1 amide bonds. The van der Waals surface area contributed by atoms with E-state index in [0.717, 1.165) is 0 Å². The number of fused-ring (bicyclic) bond motifs is 1. The zero-order valence-electron chi connectivity index (χ0n) is 24.1. The van der Waals surface area contributed by atoms with E-state index >= 15 is 0 Å². The maximum atomic E-state index is 14.1. The van der Waals surface area contributed by atoms with Crippen LogP contribution >= 0.6 is 27.3 Å². The molecule has 1 aliphatic heterocycles. The molecule has 0 bridgehead atoms. The molecule has 0 aliphatic carbocycles. The number of ether oxygens (including phenoxy) is 3. The second kappa shape index (κ2) is 13.2. The highest BCUT2D eigenvalue weighted by Crippen LogP contribution is 2.38. The lowest BCUT2D eigenvalue weighted by molar-refractivity contribution is -0.113. The van der Waals surface area contributed by atoms with Crippen LogP contribution in [0.25, 0.3) is 6.08 Å². The minimum absolute atomic E-state index is 0.0480. The molecule has 9 nitrogen and oxygen atoms in total. The number of thiazole rings is 1. The van der Waals surface area contributed by atoms with Crippen LogP contribution in [0.1, 0.15) is 31.0 Å². The van der Waals surface area contributed by atoms with E-state index in [1.54, 1.807) is 56.3 Å². The molecule has 5 rings (SSSR count). The SMILES string of the molecule is C#CCOc1c(Br)cc(/C=c2\sc3n(c2=O)[C@H](c2ccc(O)c(OCC)c2)C(C(=O)Nc2ccccc2)=C(C)N=3)cc1OC. The molecule has 44 heavy (non-hydrogen) atoms. The summed E-state index contributed by atoms with van der Waals surface area (Å²) in [5, 5.41) is 13.3. The van der Waals surface area contributed by atoms with Gasteiger partial charge in [0.1, 0.15) is 6.61 Å². The lowest BCUT2D eigenvalue weighted by atomic mass is 9.94. The van der Waals surface area contributed by atoms with Gasteiger partial charge >= 0.3 is 0 Å². The number of methoxy groups -OCH3 is 1. The molecule has 224 valence electrons. The maximum Gasteiger partial charge on any atom is 0.271 e. The lowest BCUT2D eigenvalue weighted by Gasteiger charge is -2.26. The van der Waals surface area contributed by atoms with Crippen molar-refractivity contribution in [2.75, 3.05) is 25.6 Å². The Bertz CT molecular complexity index is 1990. The number of carbonyl (C=O) groups excluding carboxylic acids is 1. The molecule has 1 aromatic heterocycles. The quantitative estimate of drug-likeness (QED) is 0.248. The van der Waals surface area contributed by atoms with Gasteiger partial charge in [-0.05, 0) is 83.4 Å². The summed E-state index contributed by atoms with van der Waals surface area (Å²) in [6.45, 7) is 3.93. The van der Waals surface area contributed by atoms with E-state index in [1.165, 1.54) is 29.1 Å². The maximum absolute atomic E-state index is 14.1. The molecule has 0 spiro atoms. The van der Waals surface area contributed by atoms with Gasteiger partial charge in [-0.25, -0.2) is 4.99 Å². The lowest BCUT2D eigenvalue weighted by Crippen LogP contribution is -2.40. The minimum Gasteiger partial charge on any atom is -0.504 e. The van der Waals surface area contributed by atoms with Crippen molar-refractivity contribution in [3.8, 4) is 35.3 Å². The number of phenols is 1. The number of terminal acetylenes is 1. The number of aromatic hydroxyl groups is 1. The molecule has 1 aliphatic rings. The third-order valence-corrected chi connectivity index (χ3v) is 8.32. The van der Waals surface area contributed by atoms with Crippen LogP contribution < -0.4 is 34.4 Å². The Morgan fingerprint density at radius 1 is 1.18 bits per heavy atom. The molecule has 3 aromatic carbocycles. The van der Waals surface area contributed by atoms with Gasteiger partial charge in [-0.3, -0.25) is 14.2 Å². The van der Waals surface area contributed by atoms with Gasteiger partial charge in [0.25, 0.3) is 11.5 Å². The van der Waals surface area contributed by atoms with Gasteiger partial charge < -0.3 is 24.6 Å². The van der Waals surface area contributed by atoms with Gasteiger partial charge in [-0.2, -0.15) is 0 Å². The number of amides is 1. The number of anilines is 1. The monoisotopic (exact) mass is 673 g/mol. The van der Waals surface area contributed by atoms with Gasteiger partial charge in [-0.1, -0.05) is 41.5 Å². The summed E-state index contributed by atoms with van der Waals surface area (Å²) in [6.07, 6.45) is 7.07. The van der Waals surface area contributed by atoms with Gasteiger partial charge in [0.15, 0.2) is 27.8 Å². The van der Waals surface area contributed by atoms with Crippen molar-refractivity contribution in [3.63, 3.8) is 0 Å². The number of halogens is 1. The first kappa shape index (κ1) is 30.7. The largest absolute Gasteiger partial charge is 0.504 e. The average molecular weight is 675 g/mol. The highest BCUT2D eigenvalue weighted by Gasteiger charge is 2.33. The Kier molecular flexibility index (Phi) is 9.23. The van der Waals surface area contributed by atoms with E-state index in [9.17, 15) is 14.7 Å². The second-order valence-corrected chi connectivity index (χ2v) is 11.5. The number of phenolic OH excluding ortho intramolecular Hbond substituents is 1. The summed E-state index contributed by atoms with van der Waals surface area (Å²) < 4.78 is 19.3. The summed E-state index contributed by atoms with van der Waals surface area (Å²) in [6, 6.07) is 16.5. The second-order valence-electron chi connectivity index (χ2n) is 9.59. The number of carbonyl (C=O) groups is 1. The van der Waals surface area contributed by atoms with Crippen LogP contribution in [0.2, 0.25) is 0 Å². The molecule has 0 unspecified atom stereocenters. The Morgan fingerprint density at radius 3 is 2.66 bits per heavy atom. The fourth-order valence-corrected chi connectivity index (χ4v) is 6.47. The van der Waals surface area contributed by atoms with Gasteiger partial charge in [0.05, 0.1) is 40.0 Å². The van der Waals surface area contributed by atoms with Crippen molar-refractivity contribution in [3.05, 3.63) is 107 Å². The van der Waals surface area contributed by atoms with E-state index in [2.05, 4.69) is 27.2 Å². The van der Waals surface area contributed by atoms with Crippen LogP contribution in [0, 0.1) is 12.3 Å². The molecule has 0 saturated carbocycles. The number of rotatable bonds is 9. The summed E-state index contributed by atoms with van der Waals surface area (Å²) in [5.41, 5.74) is 2.26. The topological polar surface area (TPSA) is 111 Å². The molecule has 2 heterocycles. The van der Waals surface area contributed by atoms with E-state index in [0.29, 0.717) is 60.0 Å². The van der Waals surface area contributed by atoms with Crippen molar-refractivity contribution >= 4 is 44.9 Å². The van der Waals surface area contributed by atoms with Crippen molar-refractivity contribution in [1.29, 1.82) is 0 Å². The van der Waals surface area contributed by atoms with E-state index in [1.807, 2.05) is 18.2 Å². The van der Waals surface area contributed by atoms with Crippen LogP contribution in [-0.4, -0.2) is 35.9 Å². The first-order valence-corrected chi connectivity index (χ1v) is 15.1. The van der Waals surface area contributed by atoms with Gasteiger partial charge in [0, 0.05) is 5.69 Å². The molecule has 1 atom stereocenters. The molecular weight excluding hydrogens is 646 g/mol. The highest BCUT2D eigenvalue weighted by atomic mass is 79.9. The smallest absolute Gasteiger partial charge is 0.271 e. The predicted octanol–water partition coefficient (Wildman–Crippen LogP) is 4.76. The number of nitrogens with one attached hydrogen (secondary N) is 1. The standard InChI is InChI=1S/C33H28BrN3O6S/c1-5-14-43-30-23(34)15-20(16-26(30)41-4)17-27-32(40)37-29(21-12-13-24(38)25(18-21)42-6-2)28(19(3)35-33(37)44-27)31(39)36-22-10-8-7-9-11-22/h1,7-13,15-18,29,38H,6,14H2,2-4H3,(H,36,39)/b27-17-/t29-/m1/s1. The molecule has 0 saturated heterocycles. The fraction of sp³-hybridized carbons (Fsp3) is 0.182. The Morgan fingerprint density at radius 2 is 1.95 bits per heavy atom. The molecule has 0 fully saturated rings. The van der Waals surface area contributed by atoms with Gasteiger partial charge in [0.2, 0.25) is 0 Å². The third-order valence-electron chi connectivity index (χ3n) is 6.75. The number of hydrogen-bond donors (Lipinski definition) is 2. The number of benzene rings is 3. The molecule has 4 aromatic rings. The summed E-state index contributed by atoms with van der Waals surface area (Å²) in [5.74, 6) is 3.11. The Labute approximate surface area is 265 Å². The van der Waals surface area contributed by atoms with Crippen molar-refractivity contribution < 1.29 is 24.1 Å². The summed E-state index contributed by atoms with van der Waals surface area (Å²) in [4.78, 5) is 33.0. The van der Waals surface area contributed by atoms with Crippen LogP contribution in [0.15, 0.2) is 86.2 Å². The van der Waals surface area contributed by atoms with Crippen LogP contribution in [0.5, 0.6) is 23.0 Å². The van der Waals surface area contributed by atoms with Crippen molar-refractivity contribution in [2.45, 2.75) is 19.9 Å².